The number of benzene rings is 1. The number of hydroxylamine groups is 1. The van der Waals surface area contributed by atoms with Crippen LogP contribution in [0.3, 0.4) is 0 Å². The lowest BCUT2D eigenvalue weighted by molar-refractivity contribution is -0.131. The number of carbonyl (C=O) groups is 2. The van der Waals surface area contributed by atoms with Gasteiger partial charge in [0, 0.05) is 17.2 Å². The van der Waals surface area contributed by atoms with E-state index in [1.165, 1.54) is 5.48 Å². The van der Waals surface area contributed by atoms with Gasteiger partial charge in [0.1, 0.15) is 12.6 Å². The predicted octanol–water partition coefficient (Wildman–Crippen LogP) is -0.754. The van der Waals surface area contributed by atoms with Crippen LogP contribution < -0.4 is 16.1 Å². The lowest BCUT2D eigenvalue weighted by atomic mass is 10.1. The van der Waals surface area contributed by atoms with Crippen LogP contribution in [0.5, 0.6) is 0 Å². The van der Waals surface area contributed by atoms with E-state index in [4.69, 9.17) is 10.3 Å². The molecular formula is C17H19N3O4. The number of aliphatic hydroxyl groups excluding tert-OH is 1. The normalized spacial score (nSPS) is 11.8. The molecule has 1 aromatic rings. The molecule has 0 spiro atoms. The molecule has 1 aromatic carbocycles. The Morgan fingerprint density at radius 3 is 2.42 bits per heavy atom. The molecule has 0 aliphatic heterocycles. The zero-order valence-corrected chi connectivity index (χ0v) is 13.4. The number of amides is 2. The van der Waals surface area contributed by atoms with Crippen molar-refractivity contribution >= 4 is 11.8 Å². The molecule has 0 radical (unpaired) electrons. The van der Waals surface area contributed by atoms with Gasteiger partial charge in [0.2, 0.25) is 0 Å². The number of aliphatic hydroxyl groups is 1. The molecule has 0 saturated heterocycles. The van der Waals surface area contributed by atoms with Gasteiger partial charge in [-0.2, -0.15) is 0 Å². The fourth-order valence-electron chi connectivity index (χ4n) is 1.77. The Labute approximate surface area is 140 Å². The van der Waals surface area contributed by atoms with Crippen molar-refractivity contribution < 1.29 is 19.9 Å². The van der Waals surface area contributed by atoms with Crippen LogP contribution in [0.25, 0.3) is 0 Å². The van der Waals surface area contributed by atoms with Crippen molar-refractivity contribution in [3.8, 4) is 23.7 Å². The van der Waals surface area contributed by atoms with Crippen molar-refractivity contribution in [2.45, 2.75) is 19.0 Å². The van der Waals surface area contributed by atoms with Crippen molar-refractivity contribution in [3.05, 3.63) is 35.4 Å². The molecule has 0 heterocycles. The van der Waals surface area contributed by atoms with Gasteiger partial charge < -0.3 is 15.7 Å². The standard InChI is InChI=1S/C17H19N3O4/c1-12(18-2)15(17(23)20-24)19-16(22)14-9-7-13(8-10-14)6-4-3-5-11-21/h7-10,12,15,18,21,24H,11H2,1-2H3,(H,19,22)(H,20,23)/t12-,15+/m1/s1. The molecule has 0 aliphatic rings. The minimum atomic E-state index is -0.930. The maximum atomic E-state index is 12.2. The van der Waals surface area contributed by atoms with E-state index in [1.807, 2.05) is 0 Å². The molecule has 2 atom stereocenters. The topological polar surface area (TPSA) is 111 Å². The summed E-state index contributed by atoms with van der Waals surface area (Å²) in [4.78, 5) is 23.9. The van der Waals surface area contributed by atoms with Gasteiger partial charge in [-0.1, -0.05) is 11.8 Å². The third-order valence-corrected chi connectivity index (χ3v) is 3.22. The molecule has 0 unspecified atom stereocenters. The Morgan fingerprint density at radius 1 is 1.21 bits per heavy atom. The second-order valence-corrected chi connectivity index (χ2v) is 4.79. The van der Waals surface area contributed by atoms with Crippen LogP contribution in [0.1, 0.15) is 22.8 Å². The van der Waals surface area contributed by atoms with Gasteiger partial charge in [0.05, 0.1) is 0 Å². The highest BCUT2D eigenvalue weighted by Crippen LogP contribution is 2.05. The Kier molecular flexibility index (Phi) is 8.03. The van der Waals surface area contributed by atoms with Gasteiger partial charge in [0.15, 0.2) is 0 Å². The van der Waals surface area contributed by atoms with Crippen LogP contribution >= 0.6 is 0 Å². The predicted molar refractivity (Wildman–Crippen MR) is 87.9 cm³/mol. The zero-order chi connectivity index (χ0) is 17.9. The summed E-state index contributed by atoms with van der Waals surface area (Å²) in [6, 6.07) is 5.11. The first-order valence-electron chi connectivity index (χ1n) is 7.15. The highest BCUT2D eigenvalue weighted by atomic mass is 16.5. The van der Waals surface area contributed by atoms with Gasteiger partial charge in [-0.15, -0.1) is 0 Å². The zero-order valence-electron chi connectivity index (χ0n) is 13.4. The second kappa shape index (κ2) is 10.0. The summed E-state index contributed by atoms with van der Waals surface area (Å²) in [7, 11) is 1.64. The van der Waals surface area contributed by atoms with Gasteiger partial charge in [-0.25, -0.2) is 5.48 Å². The number of nitrogens with one attached hydrogen (secondary N) is 3. The lowest BCUT2D eigenvalue weighted by Crippen LogP contribution is -2.55. The van der Waals surface area contributed by atoms with Gasteiger partial charge in [-0.05, 0) is 50.1 Å². The Balaban J connectivity index is 2.83. The lowest BCUT2D eigenvalue weighted by Gasteiger charge is -2.22. The van der Waals surface area contributed by atoms with Crippen molar-refractivity contribution in [1.29, 1.82) is 0 Å². The SMILES string of the molecule is CN[C@H](C)[C@H](NC(=O)c1ccc(C#CC#CCO)cc1)C(=O)NO. The van der Waals surface area contributed by atoms with E-state index in [0.717, 1.165) is 0 Å². The number of likely N-dealkylation sites (N-methyl/N-ethyl adjacent to an activating group) is 1. The molecule has 7 heteroatoms. The summed E-state index contributed by atoms with van der Waals surface area (Å²) in [5.41, 5.74) is 2.54. The molecule has 1 rings (SSSR count). The maximum absolute atomic E-state index is 12.2. The minimum Gasteiger partial charge on any atom is -0.384 e. The molecule has 24 heavy (non-hydrogen) atoms. The van der Waals surface area contributed by atoms with Crippen LogP contribution in [-0.2, 0) is 4.79 Å². The maximum Gasteiger partial charge on any atom is 0.267 e. The van der Waals surface area contributed by atoms with E-state index in [0.29, 0.717) is 11.1 Å². The molecule has 126 valence electrons. The summed E-state index contributed by atoms with van der Waals surface area (Å²) in [5.74, 6) is 9.04. The molecular weight excluding hydrogens is 310 g/mol. The summed E-state index contributed by atoms with van der Waals surface area (Å²) in [5, 5.41) is 22.7. The van der Waals surface area contributed by atoms with E-state index in [9.17, 15) is 9.59 Å². The van der Waals surface area contributed by atoms with E-state index >= 15 is 0 Å². The first-order valence-corrected chi connectivity index (χ1v) is 7.15. The van der Waals surface area contributed by atoms with Crippen LogP contribution in [0.15, 0.2) is 24.3 Å². The third-order valence-electron chi connectivity index (χ3n) is 3.22. The minimum absolute atomic E-state index is 0.249. The molecule has 0 aliphatic carbocycles. The van der Waals surface area contributed by atoms with Crippen molar-refractivity contribution in [2.24, 2.45) is 0 Å². The molecule has 7 nitrogen and oxygen atoms in total. The Morgan fingerprint density at radius 2 is 1.88 bits per heavy atom. The highest BCUT2D eigenvalue weighted by Gasteiger charge is 2.26. The summed E-state index contributed by atoms with van der Waals surface area (Å²) < 4.78 is 0. The average molecular weight is 329 g/mol. The number of rotatable bonds is 5. The van der Waals surface area contributed by atoms with Gasteiger partial charge >= 0.3 is 0 Å². The largest absolute Gasteiger partial charge is 0.384 e. The van der Waals surface area contributed by atoms with Gasteiger partial charge in [-0.3, -0.25) is 14.8 Å². The van der Waals surface area contributed by atoms with Crippen LogP contribution in [0.2, 0.25) is 0 Å². The third kappa shape index (κ3) is 5.75. The molecule has 0 saturated carbocycles. The molecule has 2 amide bonds. The fraction of sp³-hybridized carbons (Fsp3) is 0.294. The highest BCUT2D eigenvalue weighted by molar-refractivity contribution is 5.97. The summed E-state index contributed by atoms with van der Waals surface area (Å²) in [6.45, 7) is 1.45. The van der Waals surface area contributed by atoms with E-state index < -0.39 is 17.9 Å². The van der Waals surface area contributed by atoms with E-state index in [1.54, 1.807) is 38.2 Å². The Hall–Kier alpha value is -2.84. The van der Waals surface area contributed by atoms with E-state index in [2.05, 4.69) is 34.3 Å². The van der Waals surface area contributed by atoms with Crippen LogP contribution in [-0.4, -0.2) is 47.9 Å². The molecule has 5 N–H and O–H groups in total. The van der Waals surface area contributed by atoms with E-state index in [-0.39, 0.29) is 12.6 Å². The average Bonchev–Trinajstić information content (AvgIpc) is 2.62. The molecule has 0 fully saturated rings. The monoisotopic (exact) mass is 329 g/mol. The first-order chi connectivity index (χ1) is 11.5. The summed E-state index contributed by atoms with van der Waals surface area (Å²) >= 11 is 0. The van der Waals surface area contributed by atoms with Crippen molar-refractivity contribution in [2.75, 3.05) is 13.7 Å². The van der Waals surface area contributed by atoms with Gasteiger partial charge in [0.25, 0.3) is 11.8 Å². The second-order valence-electron chi connectivity index (χ2n) is 4.79. The molecule has 0 bridgehead atoms. The first kappa shape index (κ1) is 19.2. The molecule has 0 aromatic heterocycles. The summed E-state index contributed by atoms with van der Waals surface area (Å²) in [6.07, 6.45) is 0. The van der Waals surface area contributed by atoms with Crippen LogP contribution in [0, 0.1) is 23.7 Å². The van der Waals surface area contributed by atoms with Crippen LogP contribution in [0.4, 0.5) is 0 Å². The fourth-order valence-corrected chi connectivity index (χ4v) is 1.77. The number of hydrogen-bond acceptors (Lipinski definition) is 5. The number of carbonyl (C=O) groups excluding carboxylic acids is 2. The van der Waals surface area contributed by atoms with Crippen molar-refractivity contribution in [1.82, 2.24) is 16.1 Å². The number of hydrogen-bond donors (Lipinski definition) is 5. The Bertz CT molecular complexity index is 693. The smallest absolute Gasteiger partial charge is 0.267 e. The van der Waals surface area contributed by atoms with Crippen molar-refractivity contribution in [3.63, 3.8) is 0 Å². The quantitative estimate of drug-likeness (QED) is 0.277.